The van der Waals surface area contributed by atoms with Crippen molar-refractivity contribution in [2.75, 3.05) is 5.32 Å². The quantitative estimate of drug-likeness (QED) is 0.528. The summed E-state index contributed by atoms with van der Waals surface area (Å²) in [6.07, 6.45) is 0. The molecule has 1 aromatic carbocycles. The van der Waals surface area contributed by atoms with Crippen molar-refractivity contribution in [3.8, 4) is 0 Å². The van der Waals surface area contributed by atoms with Crippen LogP contribution in [0, 0.1) is 16.1 Å². The average Bonchev–Trinajstić information content (AvgIpc) is 2.40. The van der Waals surface area contributed by atoms with E-state index in [0.717, 1.165) is 6.07 Å². The lowest BCUT2D eigenvalue weighted by Crippen LogP contribution is -2.14. The van der Waals surface area contributed by atoms with E-state index in [1.807, 2.05) is 0 Å². The molecule has 0 spiro atoms. The molecule has 0 bridgehead atoms. The number of carbonyl (C=O) groups is 1. The fourth-order valence-corrected chi connectivity index (χ4v) is 1.91. The summed E-state index contributed by atoms with van der Waals surface area (Å²) in [5, 5.41) is 13.1. The molecule has 0 saturated heterocycles. The van der Waals surface area contributed by atoms with Crippen molar-refractivity contribution >= 4 is 33.2 Å². The van der Waals surface area contributed by atoms with Crippen molar-refractivity contribution in [3.05, 3.63) is 62.6 Å². The fourth-order valence-electron chi connectivity index (χ4n) is 1.44. The van der Waals surface area contributed by atoms with Gasteiger partial charge in [-0.15, -0.1) is 0 Å². The van der Waals surface area contributed by atoms with Gasteiger partial charge in [0.25, 0.3) is 11.6 Å². The summed E-state index contributed by atoms with van der Waals surface area (Å²) in [7, 11) is 0. The number of aromatic nitrogens is 1. The molecule has 8 heteroatoms. The standard InChI is InChI=1S/C12H7BrFN3O3/c13-8-6-7(17(19)20)4-5-9(8)16-12(18)10-2-1-3-11(14)15-10/h1-6H,(H,16,18). The Bertz CT molecular complexity index is 693. The van der Waals surface area contributed by atoms with Crippen LogP contribution in [0.1, 0.15) is 10.5 Å². The van der Waals surface area contributed by atoms with E-state index in [-0.39, 0.29) is 11.4 Å². The van der Waals surface area contributed by atoms with E-state index < -0.39 is 16.8 Å². The van der Waals surface area contributed by atoms with Gasteiger partial charge < -0.3 is 5.32 Å². The molecule has 0 aliphatic rings. The van der Waals surface area contributed by atoms with Gasteiger partial charge in [0.2, 0.25) is 5.95 Å². The maximum atomic E-state index is 12.9. The first-order chi connectivity index (χ1) is 9.47. The van der Waals surface area contributed by atoms with Crippen molar-refractivity contribution < 1.29 is 14.1 Å². The third-order valence-corrected chi connectivity index (χ3v) is 3.02. The number of benzene rings is 1. The molecule has 20 heavy (non-hydrogen) atoms. The summed E-state index contributed by atoms with van der Waals surface area (Å²) in [4.78, 5) is 25.3. The first-order valence-electron chi connectivity index (χ1n) is 5.35. The Morgan fingerprint density at radius 2 is 2.10 bits per heavy atom. The van der Waals surface area contributed by atoms with Crippen LogP contribution in [0.3, 0.4) is 0 Å². The SMILES string of the molecule is O=C(Nc1ccc([N+](=O)[O-])cc1Br)c1cccc(F)n1. The zero-order valence-corrected chi connectivity index (χ0v) is 11.4. The minimum atomic E-state index is -0.764. The summed E-state index contributed by atoms with van der Waals surface area (Å²) in [5.74, 6) is -1.38. The van der Waals surface area contributed by atoms with E-state index in [2.05, 4.69) is 26.2 Å². The number of halogens is 2. The first-order valence-corrected chi connectivity index (χ1v) is 6.14. The van der Waals surface area contributed by atoms with Crippen LogP contribution in [0.4, 0.5) is 15.8 Å². The first kappa shape index (κ1) is 14.1. The molecule has 1 aromatic heterocycles. The number of nitrogens with zero attached hydrogens (tertiary/aromatic N) is 2. The van der Waals surface area contributed by atoms with Crippen molar-refractivity contribution in [1.82, 2.24) is 4.98 Å². The van der Waals surface area contributed by atoms with E-state index >= 15 is 0 Å². The molecular formula is C12H7BrFN3O3. The van der Waals surface area contributed by atoms with Gasteiger partial charge in [-0.2, -0.15) is 4.39 Å². The second kappa shape index (κ2) is 5.74. The molecule has 0 aliphatic carbocycles. The number of hydrogen-bond donors (Lipinski definition) is 1. The van der Waals surface area contributed by atoms with Crippen LogP contribution in [0.25, 0.3) is 0 Å². The van der Waals surface area contributed by atoms with E-state index in [9.17, 15) is 19.3 Å². The summed E-state index contributed by atoms with van der Waals surface area (Å²) < 4.78 is 13.3. The van der Waals surface area contributed by atoms with Gasteiger partial charge in [-0.05, 0) is 34.1 Å². The zero-order chi connectivity index (χ0) is 14.7. The topological polar surface area (TPSA) is 85.1 Å². The van der Waals surface area contributed by atoms with Crippen molar-refractivity contribution in [2.45, 2.75) is 0 Å². The van der Waals surface area contributed by atoms with Crippen LogP contribution in [0.15, 0.2) is 40.9 Å². The number of nitrogens with one attached hydrogen (secondary N) is 1. The Morgan fingerprint density at radius 3 is 2.70 bits per heavy atom. The van der Waals surface area contributed by atoms with E-state index in [4.69, 9.17) is 0 Å². The van der Waals surface area contributed by atoms with Gasteiger partial charge in [0.15, 0.2) is 0 Å². The predicted octanol–water partition coefficient (Wildman–Crippen LogP) is 3.14. The molecule has 2 rings (SSSR count). The molecule has 0 unspecified atom stereocenters. The summed E-state index contributed by atoms with van der Waals surface area (Å²) >= 11 is 3.12. The number of non-ortho nitro benzene ring substituents is 1. The van der Waals surface area contributed by atoms with Gasteiger partial charge >= 0.3 is 0 Å². The number of pyridine rings is 1. The van der Waals surface area contributed by atoms with Crippen LogP contribution in [0.2, 0.25) is 0 Å². The number of nitro groups is 1. The lowest BCUT2D eigenvalue weighted by molar-refractivity contribution is -0.384. The van der Waals surface area contributed by atoms with Gasteiger partial charge in [-0.1, -0.05) is 6.07 Å². The van der Waals surface area contributed by atoms with Crippen molar-refractivity contribution in [3.63, 3.8) is 0 Å². The lowest BCUT2D eigenvalue weighted by Gasteiger charge is -2.06. The number of anilines is 1. The zero-order valence-electron chi connectivity index (χ0n) is 9.84. The highest BCUT2D eigenvalue weighted by molar-refractivity contribution is 9.10. The molecule has 1 N–H and O–H groups in total. The van der Waals surface area contributed by atoms with Crippen molar-refractivity contribution in [2.24, 2.45) is 0 Å². The van der Waals surface area contributed by atoms with Gasteiger partial charge in [0, 0.05) is 16.6 Å². The molecule has 0 atom stereocenters. The Kier molecular flexibility index (Phi) is 4.04. The minimum absolute atomic E-state index is 0.0877. The maximum absolute atomic E-state index is 12.9. The summed E-state index contributed by atoms with van der Waals surface area (Å²) in [6, 6.07) is 7.73. The number of rotatable bonds is 3. The highest BCUT2D eigenvalue weighted by Crippen LogP contribution is 2.27. The van der Waals surface area contributed by atoms with Gasteiger partial charge in [0.1, 0.15) is 5.69 Å². The van der Waals surface area contributed by atoms with Crippen LogP contribution in [-0.4, -0.2) is 15.8 Å². The largest absolute Gasteiger partial charge is 0.320 e. The third-order valence-electron chi connectivity index (χ3n) is 2.36. The highest BCUT2D eigenvalue weighted by atomic mass is 79.9. The fraction of sp³-hybridized carbons (Fsp3) is 0. The minimum Gasteiger partial charge on any atom is -0.320 e. The predicted molar refractivity (Wildman–Crippen MR) is 72.9 cm³/mol. The van der Waals surface area contributed by atoms with Crippen molar-refractivity contribution in [1.29, 1.82) is 0 Å². The van der Waals surface area contributed by atoms with Crippen LogP contribution in [0.5, 0.6) is 0 Å². The Labute approximate surface area is 120 Å². The molecule has 0 saturated carbocycles. The number of nitro benzene ring substituents is 1. The van der Waals surface area contributed by atoms with E-state index in [0.29, 0.717) is 10.2 Å². The maximum Gasteiger partial charge on any atom is 0.274 e. The van der Waals surface area contributed by atoms with E-state index in [1.165, 1.54) is 30.3 Å². The Morgan fingerprint density at radius 1 is 1.35 bits per heavy atom. The van der Waals surface area contributed by atoms with Gasteiger partial charge in [-0.25, -0.2) is 4.98 Å². The number of amides is 1. The highest BCUT2D eigenvalue weighted by Gasteiger charge is 2.13. The molecule has 102 valence electrons. The van der Waals surface area contributed by atoms with E-state index in [1.54, 1.807) is 0 Å². The van der Waals surface area contributed by atoms with Crippen LogP contribution < -0.4 is 5.32 Å². The number of hydrogen-bond acceptors (Lipinski definition) is 4. The van der Waals surface area contributed by atoms with Gasteiger partial charge in [0.05, 0.1) is 10.6 Å². The molecule has 0 radical (unpaired) electrons. The third kappa shape index (κ3) is 3.15. The van der Waals surface area contributed by atoms with Crippen LogP contribution in [-0.2, 0) is 0 Å². The van der Waals surface area contributed by atoms with Crippen LogP contribution >= 0.6 is 15.9 Å². The molecular weight excluding hydrogens is 333 g/mol. The second-order valence-corrected chi connectivity index (χ2v) is 4.58. The molecule has 6 nitrogen and oxygen atoms in total. The lowest BCUT2D eigenvalue weighted by atomic mass is 10.2. The molecule has 1 amide bonds. The van der Waals surface area contributed by atoms with Gasteiger partial charge in [-0.3, -0.25) is 14.9 Å². The normalized spacial score (nSPS) is 10.1. The Hall–Kier alpha value is -2.35. The smallest absolute Gasteiger partial charge is 0.274 e. The molecule has 0 aliphatic heterocycles. The number of carbonyl (C=O) groups excluding carboxylic acids is 1. The molecule has 1 heterocycles. The summed E-state index contributed by atoms with van der Waals surface area (Å²) in [5.41, 5.74) is 0.126. The molecule has 0 fully saturated rings. The summed E-state index contributed by atoms with van der Waals surface area (Å²) in [6.45, 7) is 0. The molecule has 2 aromatic rings. The monoisotopic (exact) mass is 339 g/mol. The average molecular weight is 340 g/mol. The second-order valence-electron chi connectivity index (χ2n) is 3.72. The Balaban J connectivity index is 2.22.